The molecular weight excluding hydrogens is 1060 g/mol. The molecule has 9 atom stereocenters. The summed E-state index contributed by atoms with van der Waals surface area (Å²) in [4.78, 5) is 142. The molecule has 4 rings (SSSR count). The van der Waals surface area contributed by atoms with Gasteiger partial charge in [-0.2, -0.15) is 0 Å². The van der Waals surface area contributed by atoms with Crippen LogP contribution >= 0.6 is 0 Å². The Morgan fingerprint density at radius 1 is 0.573 bits per heavy atom. The van der Waals surface area contributed by atoms with Crippen molar-refractivity contribution in [3.8, 4) is 0 Å². The number of unbranched alkanes of at least 4 members (excludes halogenated alkanes) is 1. The maximum atomic E-state index is 14.6. The fourth-order valence-corrected chi connectivity index (χ4v) is 8.57. The highest BCUT2D eigenvalue weighted by Crippen LogP contribution is 2.20. The van der Waals surface area contributed by atoms with Crippen molar-refractivity contribution in [2.24, 2.45) is 33.8 Å². The zero-order valence-corrected chi connectivity index (χ0v) is 46.3. The molecule has 0 aliphatic carbocycles. The van der Waals surface area contributed by atoms with Crippen LogP contribution in [0, 0.1) is 5.92 Å². The third-order valence-electron chi connectivity index (χ3n) is 13.5. The minimum Gasteiger partial charge on any atom is -0.481 e. The number of benzene rings is 3. The monoisotopic (exact) mass is 1140 g/mol. The topological polar surface area (TPSA) is 440 Å². The molecule has 4 aromatic rings. The van der Waals surface area contributed by atoms with Gasteiger partial charge in [0.1, 0.15) is 42.3 Å². The second-order valence-corrected chi connectivity index (χ2v) is 19.9. The number of hydrogen-bond acceptors (Lipinski definition) is 13. The number of rotatable bonds is 35. The molecule has 26 nitrogen and oxygen atoms in total. The van der Waals surface area contributed by atoms with E-state index in [-0.39, 0.29) is 69.9 Å². The molecule has 0 aliphatic rings. The van der Waals surface area contributed by atoms with E-state index in [0.717, 1.165) is 10.9 Å². The van der Waals surface area contributed by atoms with Gasteiger partial charge in [0.15, 0.2) is 5.96 Å². The van der Waals surface area contributed by atoms with Gasteiger partial charge in [-0.1, -0.05) is 99.1 Å². The molecule has 0 fully saturated rings. The number of aromatic nitrogens is 1. The molecule has 444 valence electrons. The van der Waals surface area contributed by atoms with Crippen molar-refractivity contribution >= 4 is 76.1 Å². The van der Waals surface area contributed by atoms with E-state index >= 15 is 0 Å². The lowest BCUT2D eigenvalue weighted by Crippen LogP contribution is -2.60. The molecular formula is C56H78N14O12. The number of aromatic amines is 1. The summed E-state index contributed by atoms with van der Waals surface area (Å²) >= 11 is 0. The Bertz CT molecular complexity index is 2830. The molecule has 0 unspecified atom stereocenters. The van der Waals surface area contributed by atoms with E-state index in [1.807, 2.05) is 13.0 Å². The number of carbonyl (C=O) groups excluding carboxylic acids is 8. The predicted octanol–water partition coefficient (Wildman–Crippen LogP) is -1.16. The number of H-pyrrole nitrogens is 1. The van der Waals surface area contributed by atoms with Crippen LogP contribution in [0.3, 0.4) is 0 Å². The smallest absolute Gasteiger partial charge is 0.326 e. The third kappa shape index (κ3) is 22.0. The lowest BCUT2D eigenvalue weighted by Gasteiger charge is -2.27. The van der Waals surface area contributed by atoms with Gasteiger partial charge in [0.05, 0.1) is 19.0 Å². The Labute approximate surface area is 474 Å². The number of hydrogen-bond donors (Lipinski definition) is 15. The van der Waals surface area contributed by atoms with Crippen molar-refractivity contribution in [2.45, 2.75) is 133 Å². The standard InChI is InChI=1S/C56H78N14O12/c1-4-32(2)47(58)54(80)70-41(26-34-16-7-5-8-17-34)50(76)64-33(3)48(74)63-31-45(71)65-44(29-46(72)73)53(79)66-39(22-13-14-24-57)49(75)68-42(27-35-18-9-6-10-19-35)51(77)69-43(28-36-30-62-38-21-12-11-20-37(36)38)52(78)67-40(55(81)82)23-15-25-61-56(59)60/h5-12,16-21,30,32-33,39-44,47,62H,4,13-15,22-29,31,57-58H2,1-3H3,(H,63,74)(H,64,76)(H,65,71)(H,66,79)(H,67,78)(H,68,75)(H,69,77)(H,70,80)(H,72,73)(H,81,82)(H4,59,60,61)/t32-,33-,39-,40-,41-,42-,43-,44-,47-/m0/s1. The molecule has 0 saturated carbocycles. The van der Waals surface area contributed by atoms with Crippen molar-refractivity contribution in [1.29, 1.82) is 0 Å². The first kappa shape index (κ1) is 65.6. The Balaban J connectivity index is 1.51. The maximum Gasteiger partial charge on any atom is 0.326 e. The van der Waals surface area contributed by atoms with Crippen LogP contribution in [0.1, 0.15) is 82.4 Å². The molecule has 19 N–H and O–H groups in total. The molecule has 8 amide bonds. The number of nitrogens with zero attached hydrogens (tertiary/aromatic N) is 1. The van der Waals surface area contributed by atoms with Gasteiger partial charge in [0.25, 0.3) is 0 Å². The summed E-state index contributed by atoms with van der Waals surface area (Å²) < 4.78 is 0. The van der Waals surface area contributed by atoms with Crippen LogP contribution in [0.4, 0.5) is 0 Å². The minimum absolute atomic E-state index is 0.0613. The van der Waals surface area contributed by atoms with Crippen molar-refractivity contribution in [1.82, 2.24) is 47.5 Å². The maximum absolute atomic E-state index is 14.6. The number of para-hydroxylation sites is 1. The Hall–Kier alpha value is -8.91. The van der Waals surface area contributed by atoms with E-state index in [0.29, 0.717) is 29.5 Å². The number of aliphatic carboxylic acids is 2. The van der Waals surface area contributed by atoms with Gasteiger partial charge >= 0.3 is 11.9 Å². The largest absolute Gasteiger partial charge is 0.481 e. The first-order chi connectivity index (χ1) is 39.1. The van der Waals surface area contributed by atoms with Crippen molar-refractivity contribution in [2.75, 3.05) is 19.6 Å². The zero-order chi connectivity index (χ0) is 60.3. The average Bonchev–Trinajstić information content (AvgIpc) is 4.13. The van der Waals surface area contributed by atoms with E-state index in [9.17, 15) is 58.2 Å². The van der Waals surface area contributed by atoms with Crippen LogP contribution < -0.4 is 65.5 Å². The molecule has 0 saturated heterocycles. The number of fused-ring (bicyclic) bond motifs is 1. The zero-order valence-electron chi connectivity index (χ0n) is 46.3. The van der Waals surface area contributed by atoms with E-state index < -0.39 is 120 Å². The van der Waals surface area contributed by atoms with Crippen LogP contribution in [0.25, 0.3) is 10.9 Å². The van der Waals surface area contributed by atoms with Gasteiger partial charge in [0, 0.05) is 42.9 Å². The highest BCUT2D eigenvalue weighted by molar-refractivity contribution is 5.98. The molecule has 0 spiro atoms. The normalized spacial score (nSPS) is 14.3. The Morgan fingerprint density at radius 2 is 1.07 bits per heavy atom. The number of carboxylic acid groups (broad SMARTS) is 2. The average molecular weight is 1140 g/mol. The highest BCUT2D eigenvalue weighted by atomic mass is 16.4. The van der Waals surface area contributed by atoms with Gasteiger partial charge in [-0.15, -0.1) is 0 Å². The molecule has 0 aliphatic heterocycles. The van der Waals surface area contributed by atoms with Crippen molar-refractivity contribution in [3.05, 3.63) is 108 Å². The summed E-state index contributed by atoms with van der Waals surface area (Å²) in [5, 5.41) is 40.8. The second-order valence-electron chi connectivity index (χ2n) is 19.9. The van der Waals surface area contributed by atoms with Crippen molar-refractivity contribution < 1.29 is 58.2 Å². The number of amides is 8. The number of aliphatic imine (C=N–C) groups is 1. The lowest BCUT2D eigenvalue weighted by molar-refractivity contribution is -0.142. The second kappa shape index (κ2) is 33.6. The predicted molar refractivity (Wildman–Crippen MR) is 305 cm³/mol. The van der Waals surface area contributed by atoms with E-state index in [2.05, 4.69) is 52.5 Å². The number of carboxylic acids is 2. The van der Waals surface area contributed by atoms with Gasteiger partial charge in [-0.25, -0.2) is 4.79 Å². The summed E-state index contributed by atoms with van der Waals surface area (Å²) in [6.45, 7) is 4.50. The molecule has 82 heavy (non-hydrogen) atoms. The van der Waals surface area contributed by atoms with Crippen LogP contribution in [0.15, 0.2) is 96.1 Å². The van der Waals surface area contributed by atoms with Gasteiger partial charge in [-0.3, -0.25) is 48.1 Å². The van der Waals surface area contributed by atoms with E-state index in [1.165, 1.54) is 6.92 Å². The molecule has 1 aromatic heterocycles. The van der Waals surface area contributed by atoms with Crippen molar-refractivity contribution in [3.63, 3.8) is 0 Å². The first-order valence-corrected chi connectivity index (χ1v) is 27.1. The minimum atomic E-state index is -1.80. The summed E-state index contributed by atoms with van der Waals surface area (Å²) in [5.41, 5.74) is 25.3. The fourth-order valence-electron chi connectivity index (χ4n) is 8.57. The molecule has 1 heterocycles. The third-order valence-corrected chi connectivity index (χ3v) is 13.5. The SMILES string of the molecule is CC[C@H](C)[C@H](N)C(=O)N[C@@H](Cc1ccccc1)C(=O)N[C@@H](C)C(=O)NCC(=O)N[C@@H](CC(=O)O)C(=O)N[C@@H](CCCCN)C(=O)N[C@@H](Cc1ccccc1)C(=O)N[C@@H](Cc1c[nH]c2ccccc12)C(=O)N[C@@H](CCCN=C(N)N)C(=O)O. The summed E-state index contributed by atoms with van der Waals surface area (Å²) in [6, 6.07) is 13.7. The van der Waals surface area contributed by atoms with Gasteiger partial charge in [0.2, 0.25) is 47.3 Å². The molecule has 0 bridgehead atoms. The van der Waals surface area contributed by atoms with Crippen LogP contribution in [0.2, 0.25) is 0 Å². The Kier molecular flexibility index (Phi) is 26.9. The summed E-state index contributed by atoms with van der Waals surface area (Å²) in [5.74, 6) is -10.1. The van der Waals surface area contributed by atoms with E-state index in [1.54, 1.807) is 92.0 Å². The highest BCUT2D eigenvalue weighted by Gasteiger charge is 2.35. The number of nitrogens with one attached hydrogen (secondary N) is 9. The van der Waals surface area contributed by atoms with Crippen LogP contribution in [0.5, 0.6) is 0 Å². The molecule has 26 heteroatoms. The Morgan fingerprint density at radius 3 is 1.63 bits per heavy atom. The molecule has 3 aromatic carbocycles. The first-order valence-electron chi connectivity index (χ1n) is 27.1. The van der Waals surface area contributed by atoms with Crippen LogP contribution in [-0.2, 0) is 67.2 Å². The van der Waals surface area contributed by atoms with Crippen LogP contribution in [-0.4, -0.2) is 148 Å². The lowest BCUT2D eigenvalue weighted by atomic mass is 9.98. The number of carbonyl (C=O) groups is 10. The molecule has 0 radical (unpaired) electrons. The number of guanidine groups is 1. The fraction of sp³-hybridized carbons (Fsp3) is 0.446. The van der Waals surface area contributed by atoms with Gasteiger partial charge < -0.3 is 80.7 Å². The summed E-state index contributed by atoms with van der Waals surface area (Å²) in [7, 11) is 0. The summed E-state index contributed by atoms with van der Waals surface area (Å²) in [6.07, 6.45) is 1.75. The van der Waals surface area contributed by atoms with Gasteiger partial charge in [-0.05, 0) is 74.2 Å². The number of nitrogens with two attached hydrogens (primary N) is 4. The quantitative estimate of drug-likeness (QED) is 0.0147. The van der Waals surface area contributed by atoms with E-state index in [4.69, 9.17) is 22.9 Å².